The van der Waals surface area contributed by atoms with Crippen molar-refractivity contribution in [3.8, 4) is 0 Å². The van der Waals surface area contributed by atoms with E-state index < -0.39 is 0 Å². The highest BCUT2D eigenvalue weighted by molar-refractivity contribution is 9.10. The number of carbonyl (C=O) groups excluding carboxylic acids is 1. The van der Waals surface area contributed by atoms with Crippen molar-refractivity contribution in [1.82, 2.24) is 5.43 Å². The standard InChI is InChI=1S/C10H13BrClN3O/c1-5(2)14-9-7(10(16)15-13)3-6(11)4-8(9)12/h3-5,14H,13H2,1-2H3,(H,15,16). The van der Waals surface area contributed by atoms with E-state index >= 15 is 0 Å². The van der Waals surface area contributed by atoms with Gasteiger partial charge in [-0.2, -0.15) is 0 Å². The highest BCUT2D eigenvalue weighted by Gasteiger charge is 2.15. The van der Waals surface area contributed by atoms with Crippen LogP contribution in [0.2, 0.25) is 5.02 Å². The molecule has 0 aliphatic rings. The number of benzene rings is 1. The number of hydrazine groups is 1. The Balaban J connectivity index is 3.26. The zero-order valence-corrected chi connectivity index (χ0v) is 11.3. The Hall–Kier alpha value is -0.780. The van der Waals surface area contributed by atoms with Crippen molar-refractivity contribution in [2.24, 2.45) is 5.84 Å². The number of carbonyl (C=O) groups is 1. The maximum Gasteiger partial charge on any atom is 0.267 e. The molecule has 0 saturated carbocycles. The molecule has 1 amide bonds. The first-order chi connectivity index (χ1) is 7.45. The lowest BCUT2D eigenvalue weighted by Gasteiger charge is -2.16. The van der Waals surface area contributed by atoms with E-state index in [9.17, 15) is 4.79 Å². The molecule has 0 heterocycles. The second kappa shape index (κ2) is 5.52. The summed E-state index contributed by atoms with van der Waals surface area (Å²) in [6, 6.07) is 3.56. The third-order valence-electron chi connectivity index (χ3n) is 1.86. The molecule has 1 aromatic carbocycles. The van der Waals surface area contributed by atoms with Gasteiger partial charge in [0.2, 0.25) is 0 Å². The molecule has 1 rings (SSSR count). The molecule has 0 bridgehead atoms. The Morgan fingerprint density at radius 2 is 2.12 bits per heavy atom. The zero-order chi connectivity index (χ0) is 12.3. The Bertz CT molecular complexity index is 409. The molecule has 0 unspecified atom stereocenters. The van der Waals surface area contributed by atoms with Crippen molar-refractivity contribution in [2.75, 3.05) is 5.32 Å². The Labute approximate surface area is 108 Å². The van der Waals surface area contributed by atoms with E-state index in [-0.39, 0.29) is 11.9 Å². The number of anilines is 1. The molecule has 4 nitrogen and oxygen atoms in total. The highest BCUT2D eigenvalue weighted by atomic mass is 79.9. The minimum atomic E-state index is -0.383. The summed E-state index contributed by atoms with van der Waals surface area (Å²) in [6.45, 7) is 3.92. The monoisotopic (exact) mass is 305 g/mol. The van der Waals surface area contributed by atoms with Gasteiger partial charge < -0.3 is 5.32 Å². The SMILES string of the molecule is CC(C)Nc1c(Cl)cc(Br)cc1C(=O)NN. The van der Waals surface area contributed by atoms with E-state index in [2.05, 4.69) is 26.7 Å². The second-order valence-electron chi connectivity index (χ2n) is 3.58. The summed E-state index contributed by atoms with van der Waals surface area (Å²) in [4.78, 5) is 11.6. The largest absolute Gasteiger partial charge is 0.381 e. The molecule has 16 heavy (non-hydrogen) atoms. The van der Waals surface area contributed by atoms with Crippen LogP contribution in [0.15, 0.2) is 16.6 Å². The van der Waals surface area contributed by atoms with Gasteiger partial charge in [-0.3, -0.25) is 10.2 Å². The van der Waals surface area contributed by atoms with Gasteiger partial charge >= 0.3 is 0 Å². The number of nitrogens with one attached hydrogen (secondary N) is 2. The van der Waals surface area contributed by atoms with E-state index in [0.29, 0.717) is 16.3 Å². The van der Waals surface area contributed by atoms with Crippen molar-refractivity contribution in [1.29, 1.82) is 0 Å². The molecule has 88 valence electrons. The average Bonchev–Trinajstić information content (AvgIpc) is 2.20. The summed E-state index contributed by atoms with van der Waals surface area (Å²) >= 11 is 9.34. The van der Waals surface area contributed by atoms with Crippen LogP contribution in [0.1, 0.15) is 24.2 Å². The van der Waals surface area contributed by atoms with Crippen LogP contribution in [0.25, 0.3) is 0 Å². The van der Waals surface area contributed by atoms with Gasteiger partial charge in [-0.15, -0.1) is 0 Å². The molecule has 0 radical (unpaired) electrons. The van der Waals surface area contributed by atoms with Crippen LogP contribution in [0, 0.1) is 0 Å². The normalized spacial score (nSPS) is 10.4. The van der Waals surface area contributed by atoms with Gasteiger partial charge in [0, 0.05) is 10.5 Å². The molecule has 4 N–H and O–H groups in total. The van der Waals surface area contributed by atoms with Crippen LogP contribution in [-0.4, -0.2) is 11.9 Å². The molecule has 0 spiro atoms. The summed E-state index contributed by atoms with van der Waals surface area (Å²) in [5.74, 6) is 4.74. The minimum Gasteiger partial charge on any atom is -0.381 e. The van der Waals surface area contributed by atoms with Crippen LogP contribution in [0.4, 0.5) is 5.69 Å². The number of nitrogens with two attached hydrogens (primary N) is 1. The molecular formula is C10H13BrClN3O. The maximum absolute atomic E-state index is 11.6. The third kappa shape index (κ3) is 3.10. The summed E-state index contributed by atoms with van der Waals surface area (Å²) < 4.78 is 0.727. The number of rotatable bonds is 3. The molecule has 0 aliphatic carbocycles. The van der Waals surface area contributed by atoms with Crippen molar-refractivity contribution in [3.05, 3.63) is 27.2 Å². The molecule has 0 atom stereocenters. The Morgan fingerprint density at radius 1 is 1.50 bits per heavy atom. The van der Waals surface area contributed by atoms with Crippen LogP contribution >= 0.6 is 27.5 Å². The topological polar surface area (TPSA) is 67.2 Å². The predicted molar refractivity (Wildman–Crippen MR) is 69.6 cm³/mol. The first-order valence-electron chi connectivity index (χ1n) is 4.72. The average molecular weight is 307 g/mol. The van der Waals surface area contributed by atoms with Gasteiger partial charge in [0.05, 0.1) is 16.3 Å². The van der Waals surface area contributed by atoms with Gasteiger partial charge in [0.15, 0.2) is 0 Å². The number of hydrogen-bond acceptors (Lipinski definition) is 3. The lowest BCUT2D eigenvalue weighted by atomic mass is 10.1. The van der Waals surface area contributed by atoms with Gasteiger partial charge in [0.25, 0.3) is 5.91 Å². The number of amides is 1. The van der Waals surface area contributed by atoms with E-state index in [4.69, 9.17) is 17.4 Å². The summed E-state index contributed by atoms with van der Waals surface area (Å²) in [5.41, 5.74) is 3.09. The Kier molecular flexibility index (Phi) is 4.58. The van der Waals surface area contributed by atoms with E-state index in [0.717, 1.165) is 4.47 Å². The van der Waals surface area contributed by atoms with E-state index in [1.807, 2.05) is 13.8 Å². The van der Waals surface area contributed by atoms with Gasteiger partial charge in [-0.1, -0.05) is 27.5 Å². The lowest BCUT2D eigenvalue weighted by molar-refractivity contribution is 0.0954. The van der Waals surface area contributed by atoms with Crippen molar-refractivity contribution in [3.63, 3.8) is 0 Å². The molecule has 0 saturated heterocycles. The quantitative estimate of drug-likeness (QED) is 0.457. The van der Waals surface area contributed by atoms with Crippen LogP contribution < -0.4 is 16.6 Å². The number of hydrogen-bond donors (Lipinski definition) is 3. The summed E-state index contributed by atoms with van der Waals surface area (Å²) in [7, 11) is 0. The molecular weight excluding hydrogens is 293 g/mol. The van der Waals surface area contributed by atoms with Gasteiger partial charge in [-0.05, 0) is 26.0 Å². The van der Waals surface area contributed by atoms with Crippen molar-refractivity contribution in [2.45, 2.75) is 19.9 Å². The molecule has 0 fully saturated rings. The van der Waals surface area contributed by atoms with Crippen LogP contribution in [-0.2, 0) is 0 Å². The molecule has 0 aliphatic heterocycles. The fraction of sp³-hybridized carbons (Fsp3) is 0.300. The number of nitrogen functional groups attached to an aromatic ring is 1. The Morgan fingerprint density at radius 3 is 2.62 bits per heavy atom. The van der Waals surface area contributed by atoms with Crippen LogP contribution in [0.5, 0.6) is 0 Å². The highest BCUT2D eigenvalue weighted by Crippen LogP contribution is 2.30. The zero-order valence-electron chi connectivity index (χ0n) is 8.97. The first kappa shape index (κ1) is 13.3. The maximum atomic E-state index is 11.6. The third-order valence-corrected chi connectivity index (χ3v) is 2.62. The number of halogens is 2. The molecule has 1 aromatic rings. The molecule has 0 aromatic heterocycles. The van der Waals surface area contributed by atoms with Crippen molar-refractivity contribution < 1.29 is 4.79 Å². The van der Waals surface area contributed by atoms with Crippen molar-refractivity contribution >= 4 is 39.1 Å². The van der Waals surface area contributed by atoms with Crippen LogP contribution in [0.3, 0.4) is 0 Å². The van der Waals surface area contributed by atoms with E-state index in [1.54, 1.807) is 12.1 Å². The first-order valence-corrected chi connectivity index (χ1v) is 5.89. The second-order valence-corrected chi connectivity index (χ2v) is 4.91. The lowest BCUT2D eigenvalue weighted by Crippen LogP contribution is -2.31. The van der Waals surface area contributed by atoms with Gasteiger partial charge in [-0.25, -0.2) is 5.84 Å². The fourth-order valence-electron chi connectivity index (χ4n) is 1.27. The minimum absolute atomic E-state index is 0.169. The predicted octanol–water partition coefficient (Wildman–Crippen LogP) is 2.53. The smallest absolute Gasteiger partial charge is 0.267 e. The summed E-state index contributed by atoms with van der Waals surface area (Å²) in [5, 5.41) is 3.59. The molecule has 6 heteroatoms. The summed E-state index contributed by atoms with van der Waals surface area (Å²) in [6.07, 6.45) is 0. The fourth-order valence-corrected chi connectivity index (χ4v) is 2.13. The van der Waals surface area contributed by atoms with Gasteiger partial charge in [0.1, 0.15) is 0 Å². The van der Waals surface area contributed by atoms with E-state index in [1.165, 1.54) is 0 Å².